The Balaban J connectivity index is 1.18. The fraction of sp³-hybridized carbons (Fsp3) is 0.593. The van der Waals surface area contributed by atoms with E-state index in [0.717, 1.165) is 18.4 Å². The number of benzene rings is 1. The molecule has 0 saturated heterocycles. The number of ether oxygens (including phenoxy) is 1. The van der Waals surface area contributed by atoms with Gasteiger partial charge in [0.05, 0.1) is 29.8 Å². The van der Waals surface area contributed by atoms with Crippen molar-refractivity contribution in [3.8, 4) is 0 Å². The van der Waals surface area contributed by atoms with Gasteiger partial charge in [-0.05, 0) is 54.5 Å². The van der Waals surface area contributed by atoms with Crippen LogP contribution in [0.25, 0.3) is 11.0 Å². The topological polar surface area (TPSA) is 135 Å². The van der Waals surface area contributed by atoms with E-state index >= 15 is 0 Å². The van der Waals surface area contributed by atoms with Crippen LogP contribution in [0.15, 0.2) is 22.8 Å². The Hall–Kier alpha value is -3.55. The summed E-state index contributed by atoms with van der Waals surface area (Å²) in [6, 6.07) is 4.43. The summed E-state index contributed by atoms with van der Waals surface area (Å²) in [5.74, 6) is -5.95. The van der Waals surface area contributed by atoms with E-state index in [9.17, 15) is 27.2 Å². The van der Waals surface area contributed by atoms with E-state index in [1.165, 1.54) is 0 Å². The Morgan fingerprint density at radius 3 is 2.46 bits per heavy atom. The highest BCUT2D eigenvalue weighted by Gasteiger charge is 2.47. The van der Waals surface area contributed by atoms with Crippen molar-refractivity contribution in [1.82, 2.24) is 30.9 Å². The summed E-state index contributed by atoms with van der Waals surface area (Å²) >= 11 is 0. The smallest absolute Gasteiger partial charge is 0.276 e. The van der Waals surface area contributed by atoms with E-state index in [0.29, 0.717) is 16.9 Å². The summed E-state index contributed by atoms with van der Waals surface area (Å²) in [6.45, 7) is 1.46. The molecule has 3 aliphatic rings. The number of imidazole rings is 1. The number of nitrogens with one attached hydrogen (secondary N) is 3. The molecule has 0 spiro atoms. The van der Waals surface area contributed by atoms with Crippen molar-refractivity contribution in [2.75, 3.05) is 6.61 Å². The molecule has 2 amide bonds. The highest BCUT2D eigenvalue weighted by Crippen LogP contribution is 2.45. The van der Waals surface area contributed by atoms with Gasteiger partial charge in [0.25, 0.3) is 11.8 Å². The van der Waals surface area contributed by atoms with Gasteiger partial charge in [-0.2, -0.15) is 0 Å². The molecule has 3 N–H and O–H groups in total. The standard InChI is InChI=1S/C27H30F4N6O4/c1-13-22(37-41-36-13)25(39)34-20(12-40-17-10-27(30,31)11-17)24-32-18-5-4-16(7-19(18)33-24)23(15-2-3-15)35-21(38)6-14-8-26(28,29)9-14/h4-5,7,14-15,17,20,23H,2-3,6,8-12H2,1H3,(H,32,33)(H,34,39)(H,35,38). The number of fused-ring (bicyclic) bond motifs is 1. The molecule has 3 fully saturated rings. The van der Waals surface area contributed by atoms with E-state index in [1.807, 2.05) is 12.1 Å². The monoisotopic (exact) mass is 578 g/mol. The molecule has 3 aromatic rings. The van der Waals surface area contributed by atoms with Crippen LogP contribution >= 0.6 is 0 Å². The number of rotatable bonds is 11. The minimum atomic E-state index is -2.75. The van der Waals surface area contributed by atoms with E-state index in [2.05, 4.69) is 35.5 Å². The highest BCUT2D eigenvalue weighted by atomic mass is 19.3. The zero-order valence-electron chi connectivity index (χ0n) is 22.3. The zero-order valence-corrected chi connectivity index (χ0v) is 22.3. The fourth-order valence-corrected chi connectivity index (χ4v) is 5.54. The maximum atomic E-state index is 13.3. The van der Waals surface area contributed by atoms with Crippen LogP contribution < -0.4 is 10.6 Å². The Kier molecular flexibility index (Phi) is 6.99. The largest absolute Gasteiger partial charge is 0.375 e. The van der Waals surface area contributed by atoms with Crippen LogP contribution in [0, 0.1) is 18.8 Å². The zero-order chi connectivity index (χ0) is 28.9. The number of aromatic nitrogens is 4. The van der Waals surface area contributed by atoms with Gasteiger partial charge >= 0.3 is 0 Å². The van der Waals surface area contributed by atoms with Gasteiger partial charge in [-0.25, -0.2) is 27.2 Å². The molecule has 0 radical (unpaired) electrons. The van der Waals surface area contributed by atoms with Gasteiger partial charge in [0, 0.05) is 32.1 Å². The molecule has 1 aromatic carbocycles. The lowest BCUT2D eigenvalue weighted by molar-refractivity contribution is -0.167. The van der Waals surface area contributed by atoms with Crippen molar-refractivity contribution in [3.05, 3.63) is 41.0 Å². The van der Waals surface area contributed by atoms with Gasteiger partial charge in [-0.3, -0.25) is 9.59 Å². The number of aryl methyl sites for hydroxylation is 1. The average Bonchev–Trinajstić information content (AvgIpc) is 3.47. The molecule has 41 heavy (non-hydrogen) atoms. The average molecular weight is 579 g/mol. The van der Waals surface area contributed by atoms with Crippen molar-refractivity contribution in [1.29, 1.82) is 0 Å². The van der Waals surface area contributed by atoms with Crippen LogP contribution in [0.1, 0.15) is 84.6 Å². The van der Waals surface area contributed by atoms with E-state index in [1.54, 1.807) is 13.0 Å². The third-order valence-electron chi connectivity index (χ3n) is 8.00. The van der Waals surface area contributed by atoms with E-state index < -0.39 is 29.9 Å². The van der Waals surface area contributed by atoms with Gasteiger partial charge in [-0.15, -0.1) is 0 Å². The Bertz CT molecular complexity index is 1440. The first-order chi connectivity index (χ1) is 19.4. The third-order valence-corrected chi connectivity index (χ3v) is 8.00. The van der Waals surface area contributed by atoms with Crippen LogP contribution in [0.2, 0.25) is 0 Å². The predicted molar refractivity (Wildman–Crippen MR) is 135 cm³/mol. The van der Waals surface area contributed by atoms with Gasteiger partial charge in [0.1, 0.15) is 17.6 Å². The molecule has 0 bridgehead atoms. The minimum absolute atomic E-state index is 0.0165. The van der Waals surface area contributed by atoms with Crippen LogP contribution in [-0.2, 0) is 9.53 Å². The van der Waals surface area contributed by atoms with Crippen LogP contribution in [0.5, 0.6) is 0 Å². The molecular weight excluding hydrogens is 548 g/mol. The number of alkyl halides is 4. The second-order valence-electron chi connectivity index (χ2n) is 11.6. The number of halogens is 4. The molecule has 220 valence electrons. The normalized spacial score (nSPS) is 21.6. The number of aromatic amines is 1. The molecule has 2 aromatic heterocycles. The summed E-state index contributed by atoms with van der Waals surface area (Å²) in [5, 5.41) is 13.0. The number of nitrogens with zero attached hydrogens (tertiary/aromatic N) is 3. The number of carbonyl (C=O) groups is 2. The second kappa shape index (κ2) is 10.4. The fourth-order valence-electron chi connectivity index (χ4n) is 5.54. The molecular formula is C27H30F4N6O4. The lowest BCUT2D eigenvalue weighted by Gasteiger charge is -2.35. The van der Waals surface area contributed by atoms with Gasteiger partial charge in [-0.1, -0.05) is 11.2 Å². The Morgan fingerprint density at radius 1 is 1.10 bits per heavy atom. The minimum Gasteiger partial charge on any atom is -0.375 e. The van der Waals surface area contributed by atoms with Crippen molar-refractivity contribution in [3.63, 3.8) is 0 Å². The first kappa shape index (κ1) is 27.6. The van der Waals surface area contributed by atoms with Crippen molar-refractivity contribution < 1.29 is 36.5 Å². The first-order valence-corrected chi connectivity index (χ1v) is 13.7. The predicted octanol–water partition coefficient (Wildman–Crippen LogP) is 4.54. The number of carbonyl (C=O) groups excluding carboxylic acids is 2. The SMILES string of the molecule is Cc1nonc1C(=O)NC(COC1CC(F)(F)C1)c1nc2ccc(C(NC(=O)CC3CC(F)(F)C3)C3CC3)cc2[nH]1. The van der Waals surface area contributed by atoms with E-state index in [4.69, 9.17) is 4.74 Å². The van der Waals surface area contributed by atoms with Gasteiger partial charge < -0.3 is 20.4 Å². The van der Waals surface area contributed by atoms with Crippen LogP contribution in [0.3, 0.4) is 0 Å². The second-order valence-corrected chi connectivity index (χ2v) is 11.6. The van der Waals surface area contributed by atoms with Crippen molar-refractivity contribution in [2.24, 2.45) is 11.8 Å². The third kappa shape index (κ3) is 6.21. The molecule has 0 aliphatic heterocycles. The van der Waals surface area contributed by atoms with Crippen molar-refractivity contribution in [2.45, 2.75) is 81.9 Å². The van der Waals surface area contributed by atoms with Crippen LogP contribution in [-0.4, -0.2) is 56.7 Å². The molecule has 2 heterocycles. The van der Waals surface area contributed by atoms with E-state index in [-0.39, 0.29) is 73.9 Å². The maximum Gasteiger partial charge on any atom is 0.276 e. The molecule has 10 nitrogen and oxygen atoms in total. The Labute approximate surface area is 231 Å². The van der Waals surface area contributed by atoms with Crippen LogP contribution in [0.4, 0.5) is 17.6 Å². The van der Waals surface area contributed by atoms with Gasteiger partial charge in [0.2, 0.25) is 11.8 Å². The number of H-pyrrole nitrogens is 1. The summed E-state index contributed by atoms with van der Waals surface area (Å²) in [6.07, 6.45) is 0.0430. The highest BCUT2D eigenvalue weighted by molar-refractivity contribution is 5.93. The Morgan fingerprint density at radius 2 is 1.83 bits per heavy atom. The summed E-state index contributed by atoms with van der Waals surface area (Å²) < 4.78 is 63.3. The molecule has 3 saturated carbocycles. The summed E-state index contributed by atoms with van der Waals surface area (Å²) in [7, 11) is 0. The number of hydrogen-bond donors (Lipinski definition) is 3. The molecule has 14 heteroatoms. The lowest BCUT2D eigenvalue weighted by Crippen LogP contribution is -2.43. The lowest BCUT2D eigenvalue weighted by atomic mass is 9.79. The van der Waals surface area contributed by atoms with Crippen molar-refractivity contribution >= 4 is 22.8 Å². The molecule has 2 unspecified atom stereocenters. The molecule has 3 aliphatic carbocycles. The summed E-state index contributed by atoms with van der Waals surface area (Å²) in [5.41, 5.74) is 2.35. The number of amides is 2. The molecule has 6 rings (SSSR count). The number of hydrogen-bond acceptors (Lipinski definition) is 7. The molecule has 2 atom stereocenters. The summed E-state index contributed by atoms with van der Waals surface area (Å²) in [4.78, 5) is 33.3. The maximum absolute atomic E-state index is 13.3. The quantitative estimate of drug-likeness (QED) is 0.284. The van der Waals surface area contributed by atoms with Gasteiger partial charge in [0.15, 0.2) is 5.69 Å². The first-order valence-electron chi connectivity index (χ1n) is 13.7.